The summed E-state index contributed by atoms with van der Waals surface area (Å²) in [5.41, 5.74) is 13.3. The van der Waals surface area contributed by atoms with Crippen molar-refractivity contribution in [3.8, 4) is 11.1 Å². The third-order valence-electron chi connectivity index (χ3n) is 5.21. The highest BCUT2D eigenvalue weighted by atomic mass is 14.8. The van der Waals surface area contributed by atoms with Crippen molar-refractivity contribution < 1.29 is 0 Å². The van der Waals surface area contributed by atoms with E-state index in [4.69, 9.17) is 4.99 Å². The molecular weight excluding hydrogens is 278 g/mol. The molecule has 0 saturated carbocycles. The van der Waals surface area contributed by atoms with Gasteiger partial charge >= 0.3 is 0 Å². The average Bonchev–Trinajstić information content (AvgIpc) is 3.12. The lowest BCUT2D eigenvalue weighted by atomic mass is 9.82. The van der Waals surface area contributed by atoms with Crippen molar-refractivity contribution in [1.29, 1.82) is 0 Å². The molecule has 0 spiro atoms. The Hall–Kier alpha value is -2.93. The van der Waals surface area contributed by atoms with Gasteiger partial charge in [-0.2, -0.15) is 0 Å². The first kappa shape index (κ1) is 11.6. The van der Waals surface area contributed by atoms with Crippen molar-refractivity contribution in [3.05, 3.63) is 89.0 Å². The molecule has 23 heavy (non-hydrogen) atoms. The number of nitrogens with zero attached hydrogens (tertiary/aromatic N) is 1. The van der Waals surface area contributed by atoms with Crippen LogP contribution in [0.15, 0.2) is 71.7 Å². The maximum absolute atomic E-state index is 4.93. The number of hydrogen-bond acceptors (Lipinski definition) is 1. The molecular formula is C22H13N. The minimum atomic E-state index is 0.935. The summed E-state index contributed by atoms with van der Waals surface area (Å²) in [5.74, 6) is 0. The Morgan fingerprint density at radius 2 is 1.35 bits per heavy atom. The van der Waals surface area contributed by atoms with E-state index in [-0.39, 0.29) is 0 Å². The highest BCUT2D eigenvalue weighted by molar-refractivity contribution is 6.40. The Bertz CT molecular complexity index is 1080. The highest BCUT2D eigenvalue weighted by Crippen LogP contribution is 2.54. The summed E-state index contributed by atoms with van der Waals surface area (Å²) < 4.78 is 0. The number of para-hydroxylation sites is 1. The largest absolute Gasteiger partial charge is 0.252 e. The third kappa shape index (κ3) is 1.31. The van der Waals surface area contributed by atoms with Crippen LogP contribution in [0.3, 0.4) is 0 Å². The molecule has 1 aliphatic heterocycles. The van der Waals surface area contributed by atoms with Gasteiger partial charge in [-0.05, 0) is 33.9 Å². The van der Waals surface area contributed by atoms with E-state index in [0.717, 1.165) is 12.1 Å². The van der Waals surface area contributed by atoms with Gasteiger partial charge in [0.2, 0.25) is 0 Å². The minimum absolute atomic E-state index is 0.935. The quantitative estimate of drug-likeness (QED) is 0.418. The van der Waals surface area contributed by atoms with Crippen LogP contribution in [0, 0.1) is 0 Å². The summed E-state index contributed by atoms with van der Waals surface area (Å²) in [6.07, 6.45) is 0.935. The van der Waals surface area contributed by atoms with Gasteiger partial charge in [0.1, 0.15) is 0 Å². The smallest absolute Gasteiger partial charge is 0.0712 e. The van der Waals surface area contributed by atoms with Crippen LogP contribution < -0.4 is 0 Å². The summed E-state index contributed by atoms with van der Waals surface area (Å²) >= 11 is 0. The van der Waals surface area contributed by atoms with E-state index in [1.165, 1.54) is 50.2 Å². The molecule has 0 bridgehead atoms. The van der Waals surface area contributed by atoms with Crippen LogP contribution >= 0.6 is 0 Å². The molecule has 0 atom stereocenters. The van der Waals surface area contributed by atoms with Gasteiger partial charge in [0.05, 0.1) is 11.4 Å². The second kappa shape index (κ2) is 3.88. The first-order valence-corrected chi connectivity index (χ1v) is 8.05. The van der Waals surface area contributed by atoms with E-state index in [9.17, 15) is 0 Å². The van der Waals surface area contributed by atoms with E-state index >= 15 is 0 Å². The number of fused-ring (bicyclic) bond motifs is 6. The first-order valence-electron chi connectivity index (χ1n) is 8.05. The van der Waals surface area contributed by atoms with E-state index in [0.29, 0.717) is 0 Å². The van der Waals surface area contributed by atoms with Crippen molar-refractivity contribution in [2.45, 2.75) is 6.42 Å². The van der Waals surface area contributed by atoms with Gasteiger partial charge in [-0.3, -0.25) is 4.99 Å². The Balaban J connectivity index is 1.83. The van der Waals surface area contributed by atoms with Gasteiger partial charge in [-0.25, -0.2) is 0 Å². The van der Waals surface area contributed by atoms with Crippen LogP contribution in [0.5, 0.6) is 0 Å². The normalized spacial score (nSPS) is 15.7. The molecule has 3 aromatic rings. The lowest BCUT2D eigenvalue weighted by Gasteiger charge is -2.20. The second-order valence-corrected chi connectivity index (χ2v) is 6.39. The zero-order chi connectivity index (χ0) is 15.0. The lowest BCUT2D eigenvalue weighted by molar-refractivity contribution is 1.30. The van der Waals surface area contributed by atoms with Gasteiger partial charge < -0.3 is 0 Å². The van der Waals surface area contributed by atoms with Crippen molar-refractivity contribution in [3.63, 3.8) is 0 Å². The van der Waals surface area contributed by atoms with Gasteiger partial charge in [-0.1, -0.05) is 60.7 Å². The zero-order valence-electron chi connectivity index (χ0n) is 12.5. The van der Waals surface area contributed by atoms with Crippen LogP contribution in [0.1, 0.15) is 22.3 Å². The summed E-state index contributed by atoms with van der Waals surface area (Å²) in [7, 11) is 0. The van der Waals surface area contributed by atoms with E-state index < -0.39 is 0 Å². The number of hydrogen-bond donors (Lipinski definition) is 0. The Kier molecular flexibility index (Phi) is 1.96. The number of rotatable bonds is 0. The minimum Gasteiger partial charge on any atom is -0.252 e. The van der Waals surface area contributed by atoms with E-state index in [1.54, 1.807) is 0 Å². The molecule has 0 N–H and O–H groups in total. The van der Waals surface area contributed by atoms with Crippen LogP contribution in [0.25, 0.3) is 22.3 Å². The highest BCUT2D eigenvalue weighted by Gasteiger charge is 2.36. The van der Waals surface area contributed by atoms with E-state index in [1.807, 2.05) is 0 Å². The molecule has 0 radical (unpaired) electrons. The molecule has 106 valence electrons. The standard InChI is InChI=1S/C22H13N/c1-2-8-16-14(7-1)15-10-5-6-13-12-19-21(22(16)20(13)15)17-9-3-4-11-18(17)23-19/h1-11H,12H2. The molecule has 1 heterocycles. The first-order chi connectivity index (χ1) is 11.4. The molecule has 3 aliphatic rings. The summed E-state index contributed by atoms with van der Waals surface area (Å²) in [6, 6.07) is 24.0. The van der Waals surface area contributed by atoms with Crippen LogP contribution in [-0.4, -0.2) is 5.71 Å². The molecule has 0 amide bonds. The summed E-state index contributed by atoms with van der Waals surface area (Å²) in [5, 5.41) is 0. The molecule has 0 saturated heterocycles. The number of allylic oxidation sites excluding steroid dienone is 1. The summed E-state index contributed by atoms with van der Waals surface area (Å²) in [6.45, 7) is 0. The molecule has 1 nitrogen and oxygen atoms in total. The Labute approximate surface area is 134 Å². The average molecular weight is 291 g/mol. The Morgan fingerprint density at radius 1 is 0.609 bits per heavy atom. The molecule has 3 aromatic carbocycles. The van der Waals surface area contributed by atoms with Crippen LogP contribution in [0.4, 0.5) is 5.69 Å². The fourth-order valence-corrected chi connectivity index (χ4v) is 4.32. The van der Waals surface area contributed by atoms with Gasteiger partial charge in [-0.15, -0.1) is 0 Å². The molecule has 6 rings (SSSR count). The maximum Gasteiger partial charge on any atom is 0.0712 e. The van der Waals surface area contributed by atoms with Crippen molar-refractivity contribution in [2.75, 3.05) is 0 Å². The Morgan fingerprint density at radius 3 is 2.26 bits per heavy atom. The monoisotopic (exact) mass is 291 g/mol. The van der Waals surface area contributed by atoms with Crippen LogP contribution in [0.2, 0.25) is 0 Å². The SMILES string of the molecule is c1ccc2c(c1)N=C1Cc3cccc4c3C(=C12)c1ccccc1-4. The molecule has 0 unspecified atom stereocenters. The fraction of sp³-hybridized carbons (Fsp3) is 0.0455. The second-order valence-electron chi connectivity index (χ2n) is 6.39. The predicted octanol–water partition coefficient (Wildman–Crippen LogP) is 5.27. The van der Waals surface area contributed by atoms with Crippen molar-refractivity contribution in [1.82, 2.24) is 0 Å². The van der Waals surface area contributed by atoms with Gasteiger partial charge in [0.15, 0.2) is 0 Å². The number of aliphatic imine (C=N–C) groups is 1. The van der Waals surface area contributed by atoms with E-state index in [2.05, 4.69) is 66.7 Å². The van der Waals surface area contributed by atoms with Gasteiger partial charge in [0, 0.05) is 23.1 Å². The molecule has 2 aliphatic carbocycles. The van der Waals surface area contributed by atoms with Gasteiger partial charge in [0.25, 0.3) is 0 Å². The van der Waals surface area contributed by atoms with Crippen LogP contribution in [-0.2, 0) is 6.42 Å². The zero-order valence-corrected chi connectivity index (χ0v) is 12.5. The molecule has 0 aromatic heterocycles. The van der Waals surface area contributed by atoms with Crippen molar-refractivity contribution in [2.24, 2.45) is 4.99 Å². The topological polar surface area (TPSA) is 12.4 Å². The lowest BCUT2D eigenvalue weighted by Crippen LogP contribution is -2.12. The molecule has 0 fully saturated rings. The fourth-order valence-electron chi connectivity index (χ4n) is 4.32. The summed E-state index contributed by atoms with van der Waals surface area (Å²) in [4.78, 5) is 4.93. The predicted molar refractivity (Wildman–Crippen MR) is 95.0 cm³/mol. The maximum atomic E-state index is 4.93. The van der Waals surface area contributed by atoms with Crippen molar-refractivity contribution >= 4 is 22.5 Å². The number of benzene rings is 3. The third-order valence-corrected chi connectivity index (χ3v) is 5.21. The molecule has 1 heteroatoms.